The molecule has 4 heteroatoms. The molecule has 0 fully saturated rings. The summed E-state index contributed by atoms with van der Waals surface area (Å²) in [4.78, 5) is 5.05. The van der Waals surface area contributed by atoms with Crippen molar-refractivity contribution >= 4 is 108 Å². The Kier molecular flexibility index (Phi) is 7.93. The lowest BCUT2D eigenvalue weighted by molar-refractivity contribution is 1.11. The quantitative estimate of drug-likeness (QED) is 0.121. The van der Waals surface area contributed by atoms with E-state index >= 15 is 0 Å². The summed E-state index contributed by atoms with van der Waals surface area (Å²) in [6.45, 7) is 4.59. The van der Waals surface area contributed by atoms with Crippen LogP contribution in [0, 0.1) is 0 Å². The topological polar surface area (TPSA) is 22.8 Å². The molecule has 4 aromatic heterocycles. The molecule has 0 aliphatic rings. The van der Waals surface area contributed by atoms with Crippen LogP contribution in [0.25, 0.3) is 125 Å². The lowest BCUT2D eigenvalue weighted by Crippen LogP contribution is -1.97. The SMILES string of the molecule is C=C(/C=C\c1cc2ccccc2n1-c1ccc2sc3c(-c4cccc(-c5ccc6c7ccccc7c7ccccc7c6c5)c4)nccc3c2c1)n1c2ccccc2c2ccccc21. The van der Waals surface area contributed by atoms with E-state index in [-0.39, 0.29) is 0 Å². The van der Waals surface area contributed by atoms with Crippen molar-refractivity contribution in [1.82, 2.24) is 14.1 Å². The van der Waals surface area contributed by atoms with E-state index in [2.05, 4.69) is 222 Å². The maximum Gasteiger partial charge on any atom is 0.0880 e. The summed E-state index contributed by atoms with van der Waals surface area (Å²) in [5.41, 5.74) is 11.1. The van der Waals surface area contributed by atoms with Gasteiger partial charge in [0.25, 0.3) is 0 Å². The third-order valence-electron chi connectivity index (χ3n) is 12.9. The van der Waals surface area contributed by atoms with E-state index in [4.69, 9.17) is 4.98 Å². The van der Waals surface area contributed by atoms with Crippen molar-refractivity contribution in [3.8, 4) is 28.1 Å². The van der Waals surface area contributed by atoms with Gasteiger partial charge < -0.3 is 9.13 Å². The van der Waals surface area contributed by atoms with E-state index in [1.807, 2.05) is 17.5 Å². The van der Waals surface area contributed by atoms with E-state index in [0.717, 1.165) is 44.9 Å². The van der Waals surface area contributed by atoms with E-state index in [9.17, 15) is 0 Å². The zero-order chi connectivity index (χ0) is 41.6. The second kappa shape index (κ2) is 14.0. The van der Waals surface area contributed by atoms with Gasteiger partial charge in [0, 0.05) is 60.5 Å². The Morgan fingerprint density at radius 3 is 1.79 bits per heavy atom. The molecule has 63 heavy (non-hydrogen) atoms. The van der Waals surface area contributed by atoms with Crippen LogP contribution < -0.4 is 0 Å². The second-order valence-electron chi connectivity index (χ2n) is 16.4. The molecule has 13 rings (SSSR count). The summed E-state index contributed by atoms with van der Waals surface area (Å²) < 4.78 is 7.07. The van der Waals surface area contributed by atoms with Gasteiger partial charge in [0.05, 0.1) is 26.9 Å². The standard InChI is InChI=1S/C59H37N3S/c1-37(61-55-23-10-7-20-49(55)50-21-8-11-24-56(50)61)25-27-42-34-40-13-2-9-22-54(40)62(42)43-28-30-57-53(36-43)51-31-32-60-58(59(51)63-57)41-15-12-14-38(33-41)39-26-29-48-46-18-4-3-16-44(46)45-17-5-6-19-47(45)52(48)35-39/h2-36H,1H2/b27-25-. The highest BCUT2D eigenvalue weighted by Gasteiger charge is 2.17. The Balaban J connectivity index is 0.900. The van der Waals surface area contributed by atoms with Crippen LogP contribution in [-0.2, 0) is 0 Å². The minimum Gasteiger partial charge on any atom is -0.310 e. The molecule has 0 unspecified atom stereocenters. The molecule has 13 aromatic rings. The van der Waals surface area contributed by atoms with Crippen molar-refractivity contribution in [2.75, 3.05) is 0 Å². The maximum absolute atomic E-state index is 5.05. The molecule has 0 saturated heterocycles. The summed E-state index contributed by atoms with van der Waals surface area (Å²) in [5.74, 6) is 0. The first-order valence-corrected chi connectivity index (χ1v) is 22.2. The number of aromatic nitrogens is 3. The van der Waals surface area contributed by atoms with E-state index in [1.54, 1.807) is 0 Å². The molecule has 0 saturated carbocycles. The van der Waals surface area contributed by atoms with Gasteiger partial charge in [0.1, 0.15) is 0 Å². The van der Waals surface area contributed by atoms with E-state index in [1.165, 1.54) is 79.8 Å². The molecule has 0 radical (unpaired) electrons. The molecule has 0 aliphatic carbocycles. The predicted octanol–water partition coefficient (Wildman–Crippen LogP) is 16.5. The normalized spacial score (nSPS) is 12.1. The molecular formula is C59H37N3S. The lowest BCUT2D eigenvalue weighted by Gasteiger charge is -2.12. The average Bonchev–Trinajstić information content (AvgIpc) is 4.02. The second-order valence-corrected chi connectivity index (χ2v) is 17.5. The number of rotatable bonds is 6. The van der Waals surface area contributed by atoms with Gasteiger partial charge in [0.2, 0.25) is 0 Å². The molecule has 3 nitrogen and oxygen atoms in total. The van der Waals surface area contributed by atoms with Gasteiger partial charge in [-0.25, -0.2) is 0 Å². The zero-order valence-corrected chi connectivity index (χ0v) is 35.0. The molecule has 9 aromatic carbocycles. The number of hydrogen-bond donors (Lipinski definition) is 0. The number of fused-ring (bicyclic) bond motifs is 13. The van der Waals surface area contributed by atoms with Crippen molar-refractivity contribution in [3.63, 3.8) is 0 Å². The summed E-state index contributed by atoms with van der Waals surface area (Å²) in [5, 5.41) is 13.8. The number of benzene rings is 9. The monoisotopic (exact) mass is 819 g/mol. The van der Waals surface area contributed by atoms with Gasteiger partial charge >= 0.3 is 0 Å². The van der Waals surface area contributed by atoms with Gasteiger partial charge in [-0.05, 0) is 116 Å². The number of allylic oxidation sites excluding steroid dienone is 2. The third kappa shape index (κ3) is 5.55. The van der Waals surface area contributed by atoms with Crippen LogP contribution in [0.4, 0.5) is 0 Å². The molecule has 0 aliphatic heterocycles. The molecule has 0 bridgehead atoms. The lowest BCUT2D eigenvalue weighted by atomic mass is 9.91. The van der Waals surface area contributed by atoms with Gasteiger partial charge in [0.15, 0.2) is 0 Å². The first-order chi connectivity index (χ1) is 31.2. The van der Waals surface area contributed by atoms with Crippen LogP contribution in [0.3, 0.4) is 0 Å². The van der Waals surface area contributed by atoms with Crippen molar-refractivity contribution in [2.24, 2.45) is 0 Å². The average molecular weight is 820 g/mol. The third-order valence-corrected chi connectivity index (χ3v) is 14.1. The first kappa shape index (κ1) is 35.7. The largest absolute Gasteiger partial charge is 0.310 e. The number of pyridine rings is 1. The number of thiophene rings is 1. The molecule has 0 amide bonds. The predicted molar refractivity (Wildman–Crippen MR) is 271 cm³/mol. The number of nitrogens with zero attached hydrogens (tertiary/aromatic N) is 3. The number of para-hydroxylation sites is 3. The molecule has 0 atom stereocenters. The Morgan fingerprint density at radius 2 is 1.06 bits per heavy atom. The summed E-state index contributed by atoms with van der Waals surface area (Å²) in [7, 11) is 0. The summed E-state index contributed by atoms with van der Waals surface area (Å²) in [6.07, 6.45) is 6.32. The Hall–Kier alpha value is -8.05. The van der Waals surface area contributed by atoms with Crippen molar-refractivity contribution in [3.05, 3.63) is 219 Å². The minimum absolute atomic E-state index is 0.912. The molecular weight excluding hydrogens is 783 g/mol. The Labute approximate surface area is 367 Å². The first-order valence-electron chi connectivity index (χ1n) is 21.4. The zero-order valence-electron chi connectivity index (χ0n) is 34.2. The molecule has 0 spiro atoms. The van der Waals surface area contributed by atoms with Crippen LogP contribution in [-0.4, -0.2) is 14.1 Å². The Bertz CT molecular complexity index is 3970. The van der Waals surface area contributed by atoms with E-state index < -0.39 is 0 Å². The van der Waals surface area contributed by atoms with E-state index in [0.29, 0.717) is 0 Å². The van der Waals surface area contributed by atoms with Gasteiger partial charge in [-0.15, -0.1) is 11.3 Å². The molecule has 4 heterocycles. The highest BCUT2D eigenvalue weighted by molar-refractivity contribution is 7.26. The van der Waals surface area contributed by atoms with Gasteiger partial charge in [-0.2, -0.15) is 0 Å². The summed E-state index contributed by atoms with van der Waals surface area (Å²) >= 11 is 1.82. The smallest absolute Gasteiger partial charge is 0.0880 e. The highest BCUT2D eigenvalue weighted by Crippen LogP contribution is 2.42. The fourth-order valence-corrected chi connectivity index (χ4v) is 11.2. The van der Waals surface area contributed by atoms with Crippen molar-refractivity contribution in [2.45, 2.75) is 0 Å². The van der Waals surface area contributed by atoms with Crippen molar-refractivity contribution in [1.29, 1.82) is 0 Å². The van der Waals surface area contributed by atoms with Crippen LogP contribution in [0.1, 0.15) is 5.69 Å². The van der Waals surface area contributed by atoms with Crippen LogP contribution in [0.2, 0.25) is 0 Å². The fourth-order valence-electron chi connectivity index (χ4n) is 10.0. The highest BCUT2D eigenvalue weighted by atomic mass is 32.1. The van der Waals surface area contributed by atoms with Gasteiger partial charge in [-0.1, -0.05) is 140 Å². The van der Waals surface area contributed by atoms with Crippen molar-refractivity contribution < 1.29 is 0 Å². The molecule has 0 N–H and O–H groups in total. The summed E-state index contributed by atoms with van der Waals surface area (Å²) in [6, 6.07) is 70.5. The molecule has 294 valence electrons. The van der Waals surface area contributed by atoms with Crippen LogP contribution in [0.15, 0.2) is 213 Å². The van der Waals surface area contributed by atoms with Gasteiger partial charge in [-0.3, -0.25) is 4.98 Å². The van der Waals surface area contributed by atoms with Crippen LogP contribution >= 0.6 is 11.3 Å². The number of hydrogen-bond acceptors (Lipinski definition) is 2. The van der Waals surface area contributed by atoms with Crippen LogP contribution in [0.5, 0.6) is 0 Å². The fraction of sp³-hybridized carbons (Fsp3) is 0. The Morgan fingerprint density at radius 1 is 0.460 bits per heavy atom. The minimum atomic E-state index is 0.912. The maximum atomic E-state index is 5.05.